The number of hydrogen-bond acceptors (Lipinski definition) is 9. The molecule has 0 atom stereocenters. The lowest BCUT2D eigenvalue weighted by atomic mass is 9.95. The summed E-state index contributed by atoms with van der Waals surface area (Å²) in [6.07, 6.45) is 8.30. The topological polar surface area (TPSA) is 113 Å². The first-order valence-corrected chi connectivity index (χ1v) is 15.2. The highest BCUT2D eigenvalue weighted by Gasteiger charge is 2.45. The van der Waals surface area contributed by atoms with E-state index in [-0.39, 0.29) is 29.4 Å². The fourth-order valence-electron chi connectivity index (χ4n) is 7.01. The molecule has 0 unspecified atom stereocenters. The van der Waals surface area contributed by atoms with Crippen molar-refractivity contribution in [2.75, 3.05) is 50.8 Å². The Labute approximate surface area is 254 Å². The monoisotopic (exact) mass is 599 g/mol. The van der Waals surface area contributed by atoms with E-state index >= 15 is 8.78 Å². The van der Waals surface area contributed by atoms with Gasteiger partial charge in [-0.25, -0.2) is 8.78 Å². The minimum atomic E-state index is -0.665. The minimum Gasteiger partial charge on any atom is -0.461 e. The van der Waals surface area contributed by atoms with Crippen molar-refractivity contribution in [2.45, 2.75) is 37.6 Å². The number of aliphatic imine (C=N–C) groups is 1. The number of aromatic nitrogens is 3. The van der Waals surface area contributed by atoms with Crippen LogP contribution in [0.25, 0.3) is 32.9 Å². The molecule has 2 aromatic carbocycles. The van der Waals surface area contributed by atoms with E-state index < -0.39 is 11.6 Å². The molecule has 5 heterocycles. The molecular formula is C33H35F2N7O2. The fourth-order valence-corrected chi connectivity index (χ4v) is 7.01. The number of fused-ring (bicyclic) bond motifs is 3. The summed E-state index contributed by atoms with van der Waals surface area (Å²) in [6, 6.07) is 10.1. The summed E-state index contributed by atoms with van der Waals surface area (Å²) < 4.78 is 38.0. The normalized spacial score (nSPS) is 18.9. The molecule has 0 saturated carbocycles. The predicted octanol–water partition coefficient (Wildman–Crippen LogP) is 4.62. The molecule has 228 valence electrons. The maximum atomic E-state index is 16.6. The highest BCUT2D eigenvalue weighted by Crippen LogP contribution is 2.40. The number of halogens is 2. The molecule has 2 fully saturated rings. The van der Waals surface area contributed by atoms with Gasteiger partial charge in [-0.05, 0) is 62.7 Å². The van der Waals surface area contributed by atoms with Crippen LogP contribution in [0.15, 0.2) is 59.4 Å². The van der Waals surface area contributed by atoms with Crippen LogP contribution in [-0.4, -0.2) is 82.1 Å². The Morgan fingerprint density at radius 1 is 1.05 bits per heavy atom. The fraction of sp³-hybridized carbons (Fsp3) is 0.394. The van der Waals surface area contributed by atoms with Crippen LogP contribution in [0.4, 0.5) is 14.6 Å². The van der Waals surface area contributed by atoms with Crippen LogP contribution in [-0.2, 0) is 0 Å². The smallest absolute Gasteiger partial charge is 0.319 e. The highest BCUT2D eigenvalue weighted by molar-refractivity contribution is 6.02. The molecule has 2 aromatic heterocycles. The third kappa shape index (κ3) is 5.13. The van der Waals surface area contributed by atoms with Gasteiger partial charge in [0.05, 0.1) is 29.8 Å². The van der Waals surface area contributed by atoms with Gasteiger partial charge in [-0.15, -0.1) is 0 Å². The Bertz CT molecular complexity index is 1780. The number of aliphatic hydroxyl groups is 1. The van der Waals surface area contributed by atoms with Gasteiger partial charge in [0.2, 0.25) is 0 Å². The van der Waals surface area contributed by atoms with Crippen LogP contribution in [0, 0.1) is 11.6 Å². The molecule has 3 N–H and O–H groups in total. The summed E-state index contributed by atoms with van der Waals surface area (Å²) in [6.45, 7) is 3.78. The van der Waals surface area contributed by atoms with E-state index in [2.05, 4.69) is 19.9 Å². The van der Waals surface area contributed by atoms with Crippen LogP contribution >= 0.6 is 0 Å². The molecule has 11 heteroatoms. The van der Waals surface area contributed by atoms with Crippen LogP contribution in [0.2, 0.25) is 0 Å². The first kappa shape index (κ1) is 28.5. The second-order valence-corrected chi connectivity index (χ2v) is 11.9. The lowest BCUT2D eigenvalue weighted by Crippen LogP contribution is -2.43. The zero-order valence-corrected chi connectivity index (χ0v) is 24.5. The number of ether oxygens (including phenoxy) is 1. The van der Waals surface area contributed by atoms with E-state index in [1.807, 2.05) is 4.90 Å². The zero-order valence-electron chi connectivity index (χ0n) is 24.5. The van der Waals surface area contributed by atoms with Gasteiger partial charge in [0.15, 0.2) is 5.82 Å². The predicted molar refractivity (Wildman–Crippen MR) is 167 cm³/mol. The number of nitrogens with two attached hydrogens (primary N) is 1. The van der Waals surface area contributed by atoms with Crippen molar-refractivity contribution in [1.29, 1.82) is 0 Å². The van der Waals surface area contributed by atoms with Gasteiger partial charge in [0.25, 0.3) is 0 Å². The second-order valence-electron chi connectivity index (χ2n) is 11.9. The van der Waals surface area contributed by atoms with Crippen molar-refractivity contribution >= 4 is 33.2 Å². The number of hydrogen-bond donors (Lipinski definition) is 2. The molecule has 0 aliphatic carbocycles. The summed E-state index contributed by atoms with van der Waals surface area (Å²) in [4.78, 5) is 23.1. The number of aliphatic hydroxyl groups excluding tert-OH is 1. The average molecular weight is 600 g/mol. The average Bonchev–Trinajstić information content (AvgIpc) is 3.53. The van der Waals surface area contributed by atoms with Crippen LogP contribution in [0.3, 0.4) is 0 Å². The van der Waals surface area contributed by atoms with Gasteiger partial charge in [-0.1, -0.05) is 30.3 Å². The Balaban J connectivity index is 1.35. The van der Waals surface area contributed by atoms with E-state index in [9.17, 15) is 5.11 Å². The maximum Gasteiger partial charge on any atom is 0.319 e. The van der Waals surface area contributed by atoms with E-state index in [0.29, 0.717) is 65.2 Å². The summed E-state index contributed by atoms with van der Waals surface area (Å²) in [7, 11) is 0. The molecule has 0 radical (unpaired) electrons. The molecule has 44 heavy (non-hydrogen) atoms. The standard InChI is InChI=1S/C33H35F2N7O2/c34-26-9-2-7-21-6-1-8-24(27(21)26)29-28(35)30-25(17-38-29)31(41-13-5-12-37-23(18-41)16-22(36)19-43)40-32(39-30)44-20-33-10-3-14-42(33)15-4-11-33/h1-2,6-9,16-17,43H,3-5,10-15,18-20,36H2/b22-16-. The quantitative estimate of drug-likeness (QED) is 0.317. The lowest BCUT2D eigenvalue weighted by Gasteiger charge is -2.31. The number of pyridine rings is 1. The van der Waals surface area contributed by atoms with E-state index in [0.717, 1.165) is 45.2 Å². The SMILES string of the molecule is N/C(=C\C1=NCCCN(c2nc(OCC34CCCN3CCC4)nc3c(F)c(-c4cccc5cccc(F)c45)ncc23)C1)CO. The molecule has 4 aromatic rings. The number of anilines is 1. The Morgan fingerprint density at radius 3 is 2.64 bits per heavy atom. The largest absolute Gasteiger partial charge is 0.461 e. The zero-order chi connectivity index (χ0) is 30.3. The third-order valence-electron chi connectivity index (χ3n) is 9.12. The first-order chi connectivity index (χ1) is 21.5. The first-order valence-electron chi connectivity index (χ1n) is 15.2. The molecule has 9 nitrogen and oxygen atoms in total. The van der Waals surface area contributed by atoms with Crippen LogP contribution in [0.1, 0.15) is 32.1 Å². The van der Waals surface area contributed by atoms with Crippen molar-refractivity contribution in [2.24, 2.45) is 10.7 Å². The Kier molecular flexibility index (Phi) is 7.59. The summed E-state index contributed by atoms with van der Waals surface area (Å²) in [5.74, 6) is -0.637. The summed E-state index contributed by atoms with van der Waals surface area (Å²) >= 11 is 0. The maximum absolute atomic E-state index is 16.6. The van der Waals surface area contributed by atoms with Crippen molar-refractivity contribution in [1.82, 2.24) is 19.9 Å². The molecule has 7 rings (SSSR count). The summed E-state index contributed by atoms with van der Waals surface area (Å²) in [5, 5.41) is 10.8. The van der Waals surface area contributed by atoms with Crippen molar-refractivity contribution < 1.29 is 18.6 Å². The second kappa shape index (κ2) is 11.7. The van der Waals surface area contributed by atoms with Crippen molar-refractivity contribution in [3.8, 4) is 17.3 Å². The molecule has 0 bridgehead atoms. The molecule has 0 spiro atoms. The van der Waals surface area contributed by atoms with Crippen LogP contribution < -0.4 is 15.4 Å². The third-order valence-corrected chi connectivity index (χ3v) is 9.12. The van der Waals surface area contributed by atoms with Crippen molar-refractivity contribution in [3.63, 3.8) is 0 Å². The Hall–Kier alpha value is -4.22. The number of rotatable bonds is 7. The molecular weight excluding hydrogens is 564 g/mol. The molecule has 3 aliphatic heterocycles. The molecule has 0 amide bonds. The van der Waals surface area contributed by atoms with E-state index in [4.69, 9.17) is 15.5 Å². The van der Waals surface area contributed by atoms with E-state index in [1.54, 1.807) is 42.6 Å². The van der Waals surface area contributed by atoms with Gasteiger partial charge in [0, 0.05) is 35.9 Å². The van der Waals surface area contributed by atoms with E-state index in [1.165, 1.54) is 6.07 Å². The highest BCUT2D eigenvalue weighted by atomic mass is 19.1. The van der Waals surface area contributed by atoms with Gasteiger partial charge >= 0.3 is 6.01 Å². The summed E-state index contributed by atoms with van der Waals surface area (Å²) in [5.41, 5.74) is 7.28. The number of benzene rings is 2. The van der Waals surface area contributed by atoms with Crippen LogP contribution in [0.5, 0.6) is 6.01 Å². The lowest BCUT2D eigenvalue weighted by molar-refractivity contribution is 0.108. The van der Waals surface area contributed by atoms with Gasteiger partial charge in [-0.3, -0.25) is 14.9 Å². The molecule has 2 saturated heterocycles. The van der Waals surface area contributed by atoms with Gasteiger partial charge in [0.1, 0.15) is 29.5 Å². The minimum absolute atomic E-state index is 0.0110. The van der Waals surface area contributed by atoms with Crippen molar-refractivity contribution in [3.05, 3.63) is 66.0 Å². The van der Waals surface area contributed by atoms with Gasteiger partial charge < -0.3 is 20.5 Å². The Morgan fingerprint density at radius 2 is 1.84 bits per heavy atom. The van der Waals surface area contributed by atoms with Gasteiger partial charge in [-0.2, -0.15) is 9.97 Å². The molecule has 3 aliphatic rings. The number of nitrogens with zero attached hydrogens (tertiary/aromatic N) is 6.